The number of nitrogens with one attached hydrogen (secondary N) is 1. The van der Waals surface area contributed by atoms with Crippen molar-refractivity contribution in [2.75, 3.05) is 23.3 Å². The summed E-state index contributed by atoms with van der Waals surface area (Å²) in [6, 6.07) is 8.01. The van der Waals surface area contributed by atoms with Gasteiger partial charge < -0.3 is 10.2 Å². The average molecular weight is 323 g/mol. The summed E-state index contributed by atoms with van der Waals surface area (Å²) in [6.07, 6.45) is 5.87. The standard InChI is InChI=1S/C20H25N3O/c1-14-6-8-23(9-7-14)18-11-17(12-21-13-18)20(24)22-19-10-15(2)4-5-16(19)3/h4-5,10-14H,6-9H2,1-3H3,(H,22,24). The highest BCUT2D eigenvalue weighted by molar-refractivity contribution is 6.05. The second-order valence-electron chi connectivity index (χ2n) is 6.87. The number of hydrogen-bond donors (Lipinski definition) is 1. The summed E-state index contributed by atoms with van der Waals surface area (Å²) < 4.78 is 0. The second-order valence-corrected chi connectivity index (χ2v) is 6.87. The van der Waals surface area contributed by atoms with Crippen molar-refractivity contribution >= 4 is 17.3 Å². The van der Waals surface area contributed by atoms with E-state index < -0.39 is 0 Å². The van der Waals surface area contributed by atoms with Gasteiger partial charge in [0.05, 0.1) is 17.4 Å². The normalized spacial score (nSPS) is 15.4. The van der Waals surface area contributed by atoms with E-state index >= 15 is 0 Å². The summed E-state index contributed by atoms with van der Waals surface area (Å²) in [6.45, 7) is 8.38. The van der Waals surface area contributed by atoms with Gasteiger partial charge in [0.1, 0.15) is 0 Å². The molecule has 126 valence electrons. The Bertz CT molecular complexity index is 733. The first-order valence-corrected chi connectivity index (χ1v) is 8.61. The molecule has 2 aromatic rings. The SMILES string of the molecule is Cc1ccc(C)c(NC(=O)c2cncc(N3CCC(C)CC3)c2)c1. The minimum Gasteiger partial charge on any atom is -0.370 e. The number of rotatable bonds is 3. The highest BCUT2D eigenvalue weighted by atomic mass is 16.1. The van der Waals surface area contributed by atoms with Crippen LogP contribution >= 0.6 is 0 Å². The molecule has 1 amide bonds. The third kappa shape index (κ3) is 3.75. The molecule has 1 aromatic heterocycles. The summed E-state index contributed by atoms with van der Waals surface area (Å²) in [7, 11) is 0. The fraction of sp³-hybridized carbons (Fsp3) is 0.400. The molecule has 0 spiro atoms. The van der Waals surface area contributed by atoms with Crippen molar-refractivity contribution in [1.29, 1.82) is 0 Å². The molecule has 1 N–H and O–H groups in total. The number of piperidine rings is 1. The van der Waals surface area contributed by atoms with Crippen LogP contribution in [0.15, 0.2) is 36.7 Å². The molecular formula is C20H25N3O. The van der Waals surface area contributed by atoms with E-state index in [-0.39, 0.29) is 5.91 Å². The number of nitrogens with zero attached hydrogens (tertiary/aromatic N) is 2. The molecule has 0 bridgehead atoms. The van der Waals surface area contributed by atoms with Gasteiger partial charge in [-0.05, 0) is 55.9 Å². The van der Waals surface area contributed by atoms with Crippen LogP contribution in [-0.4, -0.2) is 24.0 Å². The molecule has 4 nitrogen and oxygen atoms in total. The van der Waals surface area contributed by atoms with Crippen molar-refractivity contribution < 1.29 is 4.79 Å². The zero-order valence-electron chi connectivity index (χ0n) is 14.7. The molecule has 0 saturated carbocycles. The first-order valence-electron chi connectivity index (χ1n) is 8.61. The molecule has 24 heavy (non-hydrogen) atoms. The minimum absolute atomic E-state index is 0.108. The first-order chi connectivity index (χ1) is 11.5. The smallest absolute Gasteiger partial charge is 0.257 e. The van der Waals surface area contributed by atoms with Crippen LogP contribution in [0.25, 0.3) is 0 Å². The van der Waals surface area contributed by atoms with Gasteiger partial charge in [0.25, 0.3) is 5.91 Å². The van der Waals surface area contributed by atoms with Gasteiger partial charge in [-0.25, -0.2) is 0 Å². The number of pyridine rings is 1. The molecule has 0 aliphatic carbocycles. The van der Waals surface area contributed by atoms with Crippen LogP contribution in [0.2, 0.25) is 0 Å². The predicted octanol–water partition coefficient (Wildman–Crippen LogP) is 4.19. The number of carbonyl (C=O) groups excluding carboxylic acids is 1. The van der Waals surface area contributed by atoms with Gasteiger partial charge in [0.15, 0.2) is 0 Å². The van der Waals surface area contributed by atoms with Crippen molar-refractivity contribution in [2.45, 2.75) is 33.6 Å². The van der Waals surface area contributed by atoms with Crippen LogP contribution in [-0.2, 0) is 0 Å². The molecule has 4 heteroatoms. The van der Waals surface area contributed by atoms with Gasteiger partial charge in [-0.15, -0.1) is 0 Å². The Labute approximate surface area is 143 Å². The van der Waals surface area contributed by atoms with Gasteiger partial charge in [-0.3, -0.25) is 9.78 Å². The first kappa shape index (κ1) is 16.5. The van der Waals surface area contributed by atoms with Gasteiger partial charge in [-0.2, -0.15) is 0 Å². The Morgan fingerprint density at radius 3 is 2.67 bits per heavy atom. The van der Waals surface area contributed by atoms with Crippen molar-refractivity contribution in [1.82, 2.24) is 4.98 Å². The lowest BCUT2D eigenvalue weighted by atomic mass is 9.99. The lowest BCUT2D eigenvalue weighted by Gasteiger charge is -2.32. The molecular weight excluding hydrogens is 298 g/mol. The average Bonchev–Trinajstić information content (AvgIpc) is 2.59. The van der Waals surface area contributed by atoms with Crippen molar-refractivity contribution in [3.8, 4) is 0 Å². The Morgan fingerprint density at radius 2 is 1.92 bits per heavy atom. The van der Waals surface area contributed by atoms with Crippen molar-refractivity contribution in [2.24, 2.45) is 5.92 Å². The molecule has 1 aliphatic rings. The lowest BCUT2D eigenvalue weighted by Crippen LogP contribution is -2.33. The maximum absolute atomic E-state index is 12.6. The minimum atomic E-state index is -0.108. The van der Waals surface area contributed by atoms with E-state index in [9.17, 15) is 4.79 Å². The summed E-state index contributed by atoms with van der Waals surface area (Å²) in [5, 5.41) is 3.01. The molecule has 1 fully saturated rings. The highest BCUT2D eigenvalue weighted by Crippen LogP contribution is 2.23. The van der Waals surface area contributed by atoms with Crippen LogP contribution < -0.4 is 10.2 Å². The monoisotopic (exact) mass is 323 g/mol. The zero-order valence-corrected chi connectivity index (χ0v) is 14.7. The van der Waals surface area contributed by atoms with E-state index in [2.05, 4.69) is 22.1 Å². The molecule has 1 aliphatic heterocycles. The van der Waals surface area contributed by atoms with Gasteiger partial charge in [0.2, 0.25) is 0 Å². The quantitative estimate of drug-likeness (QED) is 0.921. The Kier molecular flexibility index (Phi) is 4.84. The molecule has 0 radical (unpaired) electrons. The van der Waals surface area contributed by atoms with Gasteiger partial charge in [0, 0.05) is 25.0 Å². The van der Waals surface area contributed by atoms with Crippen LogP contribution in [0.5, 0.6) is 0 Å². The molecule has 1 aromatic carbocycles. The van der Waals surface area contributed by atoms with Gasteiger partial charge in [-0.1, -0.05) is 19.1 Å². The number of hydrogen-bond acceptors (Lipinski definition) is 3. The third-order valence-corrected chi connectivity index (χ3v) is 4.78. The summed E-state index contributed by atoms with van der Waals surface area (Å²) in [5.41, 5.74) is 4.69. The predicted molar refractivity (Wildman–Crippen MR) is 98.7 cm³/mol. The Balaban J connectivity index is 1.76. The van der Waals surface area contributed by atoms with E-state index in [4.69, 9.17) is 0 Å². The zero-order chi connectivity index (χ0) is 17.1. The van der Waals surface area contributed by atoms with Crippen molar-refractivity contribution in [3.05, 3.63) is 53.3 Å². The lowest BCUT2D eigenvalue weighted by molar-refractivity contribution is 0.102. The Hall–Kier alpha value is -2.36. The van der Waals surface area contributed by atoms with E-state index in [0.717, 1.165) is 41.5 Å². The molecule has 3 rings (SSSR count). The largest absolute Gasteiger partial charge is 0.370 e. The number of aryl methyl sites for hydroxylation is 2. The summed E-state index contributed by atoms with van der Waals surface area (Å²) in [4.78, 5) is 19.2. The fourth-order valence-corrected chi connectivity index (χ4v) is 3.06. The van der Waals surface area contributed by atoms with Gasteiger partial charge >= 0.3 is 0 Å². The van der Waals surface area contributed by atoms with Crippen LogP contribution in [0, 0.1) is 19.8 Å². The molecule has 0 unspecified atom stereocenters. The van der Waals surface area contributed by atoms with Crippen molar-refractivity contribution in [3.63, 3.8) is 0 Å². The number of anilines is 2. The van der Waals surface area contributed by atoms with E-state index in [1.807, 2.05) is 44.3 Å². The Morgan fingerprint density at radius 1 is 1.17 bits per heavy atom. The fourth-order valence-electron chi connectivity index (χ4n) is 3.06. The van der Waals surface area contributed by atoms with Crippen LogP contribution in [0.3, 0.4) is 0 Å². The van der Waals surface area contributed by atoms with E-state index in [1.54, 1.807) is 6.20 Å². The highest BCUT2D eigenvalue weighted by Gasteiger charge is 2.17. The molecule has 0 atom stereocenters. The van der Waals surface area contributed by atoms with Crippen LogP contribution in [0.4, 0.5) is 11.4 Å². The number of benzene rings is 1. The topological polar surface area (TPSA) is 45.2 Å². The van der Waals surface area contributed by atoms with Crippen LogP contribution in [0.1, 0.15) is 41.3 Å². The molecule has 1 saturated heterocycles. The summed E-state index contributed by atoms with van der Waals surface area (Å²) >= 11 is 0. The number of aromatic nitrogens is 1. The maximum atomic E-state index is 12.6. The second kappa shape index (κ2) is 7.04. The maximum Gasteiger partial charge on any atom is 0.257 e. The number of carbonyl (C=O) groups is 1. The van der Waals surface area contributed by atoms with E-state index in [0.29, 0.717) is 5.56 Å². The molecule has 2 heterocycles. The van der Waals surface area contributed by atoms with E-state index in [1.165, 1.54) is 12.8 Å². The summed E-state index contributed by atoms with van der Waals surface area (Å²) in [5.74, 6) is 0.674. The number of amides is 1. The third-order valence-electron chi connectivity index (χ3n) is 4.78.